The molecule has 1 aromatic heterocycles. The van der Waals surface area contributed by atoms with Crippen LogP contribution in [-0.4, -0.2) is 70.6 Å². The number of pyridine rings is 1. The first kappa shape index (κ1) is 23.2. The van der Waals surface area contributed by atoms with Crippen LogP contribution in [0.2, 0.25) is 0 Å². The van der Waals surface area contributed by atoms with Crippen LogP contribution in [0.15, 0.2) is 36.5 Å². The van der Waals surface area contributed by atoms with Crippen LogP contribution in [-0.2, 0) is 4.79 Å². The summed E-state index contributed by atoms with van der Waals surface area (Å²) in [5.41, 5.74) is 2.38. The molecule has 8 heteroatoms. The van der Waals surface area contributed by atoms with Crippen molar-refractivity contribution in [2.24, 2.45) is 5.92 Å². The molecule has 0 saturated carbocycles. The first-order valence-corrected chi connectivity index (χ1v) is 10.6. The van der Waals surface area contributed by atoms with Gasteiger partial charge in [0.25, 0.3) is 5.91 Å². The van der Waals surface area contributed by atoms with Crippen LogP contribution in [0.25, 0.3) is 11.1 Å². The van der Waals surface area contributed by atoms with Crippen LogP contribution in [0.1, 0.15) is 36.7 Å². The molecule has 168 valence electrons. The maximum Gasteiger partial charge on any atom is 0.259 e. The number of nitrogens with zero attached hydrogens (tertiary/aromatic N) is 4. The van der Waals surface area contributed by atoms with E-state index in [-0.39, 0.29) is 42.4 Å². The Balaban J connectivity index is 2.05. The highest BCUT2D eigenvalue weighted by molar-refractivity contribution is 5.98. The van der Waals surface area contributed by atoms with Crippen LogP contribution in [0.5, 0.6) is 5.88 Å². The number of amides is 2. The lowest BCUT2D eigenvalue weighted by Gasteiger charge is -2.37. The lowest BCUT2D eigenvalue weighted by molar-refractivity contribution is -0.129. The number of aliphatic hydroxyl groups is 1. The number of nitriles is 1. The quantitative estimate of drug-likeness (QED) is 0.771. The summed E-state index contributed by atoms with van der Waals surface area (Å²) in [7, 11) is 1.71. The van der Waals surface area contributed by atoms with Gasteiger partial charge in [0.15, 0.2) is 0 Å². The van der Waals surface area contributed by atoms with Crippen molar-refractivity contribution in [3.05, 3.63) is 47.7 Å². The van der Waals surface area contributed by atoms with Gasteiger partial charge in [0.2, 0.25) is 11.8 Å². The molecule has 3 rings (SSSR count). The number of rotatable bonds is 5. The fraction of sp³-hybridized carbons (Fsp3) is 0.417. The zero-order valence-corrected chi connectivity index (χ0v) is 18.8. The third-order valence-corrected chi connectivity index (χ3v) is 5.86. The van der Waals surface area contributed by atoms with Crippen LogP contribution >= 0.6 is 0 Å². The summed E-state index contributed by atoms with van der Waals surface area (Å²) < 4.78 is 6.17. The Hall–Kier alpha value is -3.44. The molecule has 1 aromatic carbocycles. The second kappa shape index (κ2) is 9.79. The fourth-order valence-corrected chi connectivity index (χ4v) is 3.61. The van der Waals surface area contributed by atoms with Gasteiger partial charge < -0.3 is 19.6 Å². The van der Waals surface area contributed by atoms with Crippen molar-refractivity contribution in [2.45, 2.75) is 32.9 Å². The van der Waals surface area contributed by atoms with Crippen molar-refractivity contribution < 1.29 is 19.4 Å². The Morgan fingerprint density at radius 1 is 1.38 bits per heavy atom. The summed E-state index contributed by atoms with van der Waals surface area (Å²) in [6, 6.07) is 10.4. The van der Waals surface area contributed by atoms with Gasteiger partial charge in [0.05, 0.1) is 30.8 Å². The fourth-order valence-electron chi connectivity index (χ4n) is 3.61. The van der Waals surface area contributed by atoms with Gasteiger partial charge in [-0.05, 0) is 30.7 Å². The first-order chi connectivity index (χ1) is 15.2. The van der Waals surface area contributed by atoms with Crippen molar-refractivity contribution in [3.8, 4) is 23.1 Å². The molecule has 0 fully saturated rings. The van der Waals surface area contributed by atoms with Gasteiger partial charge in [-0.3, -0.25) is 9.59 Å². The highest BCUT2D eigenvalue weighted by atomic mass is 16.5. The summed E-state index contributed by atoms with van der Waals surface area (Å²) in [4.78, 5) is 32.9. The number of aliphatic hydroxyl groups excluding tert-OH is 1. The number of hydrogen-bond acceptors (Lipinski definition) is 6. The SMILES string of the molecule is CC(=O)N(C)C[C@H]1Oc2ncc(-c3ccc(C#N)cc3)cc2C(=O)N([C@H](C)CO)C[C@H]1C. The number of aromatic nitrogens is 1. The van der Waals surface area contributed by atoms with E-state index in [4.69, 9.17) is 10.00 Å². The zero-order valence-electron chi connectivity index (χ0n) is 18.8. The maximum absolute atomic E-state index is 13.4. The van der Waals surface area contributed by atoms with E-state index < -0.39 is 0 Å². The molecule has 0 aliphatic carbocycles. The molecule has 0 bridgehead atoms. The van der Waals surface area contributed by atoms with Crippen molar-refractivity contribution in [2.75, 3.05) is 26.7 Å². The molecule has 0 radical (unpaired) electrons. The lowest BCUT2D eigenvalue weighted by atomic mass is 9.99. The van der Waals surface area contributed by atoms with Gasteiger partial charge >= 0.3 is 0 Å². The Labute approximate surface area is 188 Å². The smallest absolute Gasteiger partial charge is 0.259 e. The zero-order chi connectivity index (χ0) is 23.4. The third kappa shape index (κ3) is 4.89. The van der Waals surface area contributed by atoms with Gasteiger partial charge in [-0.25, -0.2) is 4.98 Å². The average molecular weight is 437 g/mol. The van der Waals surface area contributed by atoms with E-state index in [2.05, 4.69) is 11.1 Å². The van der Waals surface area contributed by atoms with Crippen molar-refractivity contribution in [1.82, 2.24) is 14.8 Å². The summed E-state index contributed by atoms with van der Waals surface area (Å²) >= 11 is 0. The number of carbonyl (C=O) groups excluding carboxylic acids is 2. The molecule has 1 aliphatic rings. The van der Waals surface area contributed by atoms with Crippen LogP contribution in [0, 0.1) is 17.2 Å². The Morgan fingerprint density at radius 3 is 2.66 bits per heavy atom. The molecule has 2 amide bonds. The monoisotopic (exact) mass is 436 g/mol. The molecule has 1 aliphatic heterocycles. The summed E-state index contributed by atoms with van der Waals surface area (Å²) in [6.07, 6.45) is 1.25. The van der Waals surface area contributed by atoms with Gasteiger partial charge in [-0.1, -0.05) is 19.1 Å². The molecular weight excluding hydrogens is 408 g/mol. The number of likely N-dealkylation sites (N-methyl/N-ethyl adjacent to an activating group) is 1. The molecule has 2 heterocycles. The normalized spacial score (nSPS) is 19.1. The Morgan fingerprint density at radius 2 is 2.06 bits per heavy atom. The average Bonchev–Trinajstić information content (AvgIpc) is 2.80. The van der Waals surface area contributed by atoms with E-state index in [1.807, 2.05) is 6.92 Å². The van der Waals surface area contributed by atoms with Crippen LogP contribution in [0.4, 0.5) is 0 Å². The van der Waals surface area contributed by atoms with Crippen molar-refractivity contribution in [1.29, 1.82) is 5.26 Å². The highest BCUT2D eigenvalue weighted by Crippen LogP contribution is 2.30. The van der Waals surface area contributed by atoms with E-state index in [1.54, 1.807) is 60.3 Å². The van der Waals surface area contributed by atoms with E-state index >= 15 is 0 Å². The third-order valence-electron chi connectivity index (χ3n) is 5.86. The Kier molecular flexibility index (Phi) is 7.11. The number of benzene rings is 1. The molecule has 8 nitrogen and oxygen atoms in total. The van der Waals surface area contributed by atoms with Gasteiger partial charge in [0.1, 0.15) is 11.7 Å². The standard InChI is InChI=1S/C24H28N4O4/c1-15-12-28(16(2)14-29)24(31)21-9-20(19-7-5-18(10-25)6-8-19)11-26-23(21)32-22(15)13-27(4)17(3)30/h5-9,11,15-16,22,29H,12-14H2,1-4H3/t15-,16-,22-/m1/s1. The van der Waals surface area contributed by atoms with Crippen LogP contribution < -0.4 is 4.74 Å². The lowest BCUT2D eigenvalue weighted by Crippen LogP contribution is -2.50. The van der Waals surface area contributed by atoms with Gasteiger partial charge in [-0.2, -0.15) is 5.26 Å². The number of fused-ring (bicyclic) bond motifs is 1. The number of ether oxygens (including phenoxy) is 1. The largest absolute Gasteiger partial charge is 0.472 e. The van der Waals surface area contributed by atoms with E-state index in [0.29, 0.717) is 29.8 Å². The van der Waals surface area contributed by atoms with Gasteiger partial charge in [-0.15, -0.1) is 0 Å². The van der Waals surface area contributed by atoms with E-state index in [0.717, 1.165) is 5.56 Å². The highest BCUT2D eigenvalue weighted by Gasteiger charge is 2.34. The Bertz CT molecular complexity index is 1030. The minimum Gasteiger partial charge on any atom is -0.472 e. The summed E-state index contributed by atoms with van der Waals surface area (Å²) in [6.45, 7) is 5.80. The molecule has 3 atom stereocenters. The molecular formula is C24H28N4O4. The van der Waals surface area contributed by atoms with E-state index in [1.165, 1.54) is 6.92 Å². The van der Waals surface area contributed by atoms with Crippen molar-refractivity contribution >= 4 is 11.8 Å². The molecule has 0 spiro atoms. The maximum atomic E-state index is 13.4. The molecule has 1 N–H and O–H groups in total. The topological polar surface area (TPSA) is 107 Å². The number of carbonyl (C=O) groups is 2. The molecule has 0 unspecified atom stereocenters. The minimum atomic E-state index is -0.388. The molecule has 0 saturated heterocycles. The second-order valence-corrected chi connectivity index (χ2v) is 8.29. The summed E-state index contributed by atoms with van der Waals surface area (Å²) in [5, 5.41) is 18.8. The van der Waals surface area contributed by atoms with Crippen molar-refractivity contribution in [3.63, 3.8) is 0 Å². The van der Waals surface area contributed by atoms with Crippen LogP contribution in [0.3, 0.4) is 0 Å². The number of hydrogen-bond donors (Lipinski definition) is 1. The second-order valence-electron chi connectivity index (χ2n) is 8.29. The molecule has 2 aromatic rings. The predicted octanol–water partition coefficient (Wildman–Crippen LogP) is 2.32. The first-order valence-electron chi connectivity index (χ1n) is 10.6. The summed E-state index contributed by atoms with van der Waals surface area (Å²) in [5.74, 6) is -0.238. The molecule has 32 heavy (non-hydrogen) atoms. The van der Waals surface area contributed by atoms with E-state index in [9.17, 15) is 14.7 Å². The predicted molar refractivity (Wildman–Crippen MR) is 119 cm³/mol. The van der Waals surface area contributed by atoms with Gasteiger partial charge in [0, 0.05) is 38.2 Å². The minimum absolute atomic E-state index is 0.0798.